The van der Waals surface area contributed by atoms with Gasteiger partial charge < -0.3 is 10.4 Å². The molecule has 0 aliphatic heterocycles. The van der Waals surface area contributed by atoms with Gasteiger partial charge in [-0.3, -0.25) is 14.3 Å². The Morgan fingerprint density at radius 3 is 2.58 bits per heavy atom. The molecule has 1 atom stereocenters. The van der Waals surface area contributed by atoms with Crippen LogP contribution in [0.5, 0.6) is 0 Å². The third-order valence-electron chi connectivity index (χ3n) is 2.79. The second-order valence-corrected chi connectivity index (χ2v) is 5.49. The molecule has 1 unspecified atom stereocenters. The van der Waals surface area contributed by atoms with E-state index in [0.717, 1.165) is 0 Å². The van der Waals surface area contributed by atoms with E-state index in [1.807, 2.05) is 20.8 Å². The predicted molar refractivity (Wildman–Crippen MR) is 68.3 cm³/mol. The van der Waals surface area contributed by atoms with Gasteiger partial charge in [0.1, 0.15) is 12.7 Å². The van der Waals surface area contributed by atoms with E-state index in [1.165, 1.54) is 12.7 Å². The molecule has 0 aromatic carbocycles. The normalized spacial score (nSPS) is 13.0. The Labute approximate surface area is 112 Å². The van der Waals surface area contributed by atoms with Crippen molar-refractivity contribution in [2.45, 2.75) is 46.2 Å². The van der Waals surface area contributed by atoms with Crippen LogP contribution < -0.4 is 5.32 Å². The van der Waals surface area contributed by atoms with Crippen molar-refractivity contribution in [1.82, 2.24) is 20.1 Å². The lowest BCUT2D eigenvalue weighted by Gasteiger charge is -2.30. The van der Waals surface area contributed by atoms with E-state index < -0.39 is 12.0 Å². The Balaban J connectivity index is 2.49. The van der Waals surface area contributed by atoms with Crippen LogP contribution in [0.4, 0.5) is 0 Å². The highest BCUT2D eigenvalue weighted by atomic mass is 16.4. The lowest BCUT2D eigenvalue weighted by atomic mass is 9.84. The smallest absolute Gasteiger partial charge is 0.305 e. The molecule has 7 nitrogen and oxygen atoms in total. The zero-order chi connectivity index (χ0) is 14.5. The molecule has 7 heteroatoms. The molecule has 0 aliphatic carbocycles. The second-order valence-electron chi connectivity index (χ2n) is 5.49. The quantitative estimate of drug-likeness (QED) is 0.790. The van der Waals surface area contributed by atoms with E-state index in [0.29, 0.717) is 6.54 Å². The predicted octanol–water partition coefficient (Wildman–Crippen LogP) is 0.674. The molecule has 19 heavy (non-hydrogen) atoms. The minimum Gasteiger partial charge on any atom is -0.481 e. The van der Waals surface area contributed by atoms with E-state index in [2.05, 4.69) is 15.4 Å². The van der Waals surface area contributed by atoms with E-state index in [-0.39, 0.29) is 24.2 Å². The topological polar surface area (TPSA) is 97.1 Å². The van der Waals surface area contributed by atoms with Gasteiger partial charge in [-0.05, 0) is 5.41 Å². The van der Waals surface area contributed by atoms with Crippen LogP contribution in [0.3, 0.4) is 0 Å². The standard InChI is InChI=1S/C12H20N4O3/c1-12(2,3)9(6-11(18)19)15-10(17)4-5-16-8-13-7-14-16/h7-9H,4-6H2,1-3H3,(H,15,17)(H,18,19). The minimum absolute atomic E-state index is 0.0848. The zero-order valence-electron chi connectivity index (χ0n) is 11.5. The Hall–Kier alpha value is -1.92. The van der Waals surface area contributed by atoms with Crippen LogP contribution in [-0.2, 0) is 16.1 Å². The Morgan fingerprint density at radius 2 is 2.11 bits per heavy atom. The summed E-state index contributed by atoms with van der Waals surface area (Å²) in [6.45, 7) is 6.13. The van der Waals surface area contributed by atoms with Crippen LogP contribution in [0.15, 0.2) is 12.7 Å². The molecule has 106 valence electrons. The third-order valence-corrected chi connectivity index (χ3v) is 2.79. The maximum Gasteiger partial charge on any atom is 0.305 e. The van der Waals surface area contributed by atoms with Crippen LogP contribution in [0.1, 0.15) is 33.6 Å². The Kier molecular flexibility index (Phi) is 5.02. The van der Waals surface area contributed by atoms with E-state index in [9.17, 15) is 9.59 Å². The molecule has 0 radical (unpaired) electrons. The SMILES string of the molecule is CC(C)(C)C(CC(=O)O)NC(=O)CCn1cncn1. The zero-order valence-corrected chi connectivity index (χ0v) is 11.5. The molecular weight excluding hydrogens is 248 g/mol. The first-order valence-corrected chi connectivity index (χ1v) is 6.12. The van der Waals surface area contributed by atoms with Crippen molar-refractivity contribution < 1.29 is 14.7 Å². The maximum atomic E-state index is 11.8. The molecule has 0 fully saturated rings. The summed E-state index contributed by atoms with van der Waals surface area (Å²) in [6, 6.07) is -0.395. The number of hydrogen-bond donors (Lipinski definition) is 2. The fourth-order valence-electron chi connectivity index (χ4n) is 1.58. The summed E-state index contributed by atoms with van der Waals surface area (Å²) in [5.41, 5.74) is -0.304. The number of carbonyl (C=O) groups excluding carboxylic acids is 1. The van der Waals surface area contributed by atoms with Crippen molar-refractivity contribution in [2.75, 3.05) is 0 Å². The van der Waals surface area contributed by atoms with Crippen molar-refractivity contribution in [1.29, 1.82) is 0 Å². The number of nitrogens with zero attached hydrogens (tertiary/aromatic N) is 3. The molecule has 0 bridgehead atoms. The van der Waals surface area contributed by atoms with Gasteiger partial charge in [-0.2, -0.15) is 5.10 Å². The fourth-order valence-corrected chi connectivity index (χ4v) is 1.58. The Bertz CT molecular complexity index is 423. The van der Waals surface area contributed by atoms with Gasteiger partial charge in [0.05, 0.1) is 13.0 Å². The molecule has 0 saturated carbocycles. The molecule has 0 saturated heterocycles. The summed E-state index contributed by atoms with van der Waals surface area (Å²) in [5, 5.41) is 15.5. The largest absolute Gasteiger partial charge is 0.481 e. The number of aliphatic carboxylic acids is 1. The first-order valence-electron chi connectivity index (χ1n) is 6.12. The number of aromatic nitrogens is 3. The number of rotatable bonds is 6. The molecule has 1 aromatic rings. The second kappa shape index (κ2) is 6.31. The average Bonchev–Trinajstić information content (AvgIpc) is 2.76. The Morgan fingerprint density at radius 1 is 1.42 bits per heavy atom. The number of carboxylic acids is 1. The average molecular weight is 268 g/mol. The van der Waals surface area contributed by atoms with Gasteiger partial charge in [0.2, 0.25) is 5.91 Å². The van der Waals surface area contributed by atoms with Crippen molar-refractivity contribution in [3.05, 3.63) is 12.7 Å². The lowest BCUT2D eigenvalue weighted by Crippen LogP contribution is -2.45. The van der Waals surface area contributed by atoms with Gasteiger partial charge in [-0.15, -0.1) is 0 Å². The molecule has 1 heterocycles. The highest BCUT2D eigenvalue weighted by molar-refractivity contribution is 5.77. The summed E-state index contributed by atoms with van der Waals surface area (Å²) in [7, 11) is 0. The number of carboxylic acid groups (broad SMARTS) is 1. The van der Waals surface area contributed by atoms with Gasteiger partial charge in [0, 0.05) is 12.5 Å². The molecule has 2 N–H and O–H groups in total. The summed E-state index contributed by atoms with van der Waals surface area (Å²) in [6.07, 6.45) is 3.10. The minimum atomic E-state index is -0.920. The highest BCUT2D eigenvalue weighted by Crippen LogP contribution is 2.21. The number of aryl methyl sites for hydroxylation is 1. The monoisotopic (exact) mass is 268 g/mol. The van der Waals surface area contributed by atoms with Crippen molar-refractivity contribution in [3.63, 3.8) is 0 Å². The molecular formula is C12H20N4O3. The lowest BCUT2D eigenvalue weighted by molar-refractivity contribution is -0.138. The molecule has 0 spiro atoms. The first kappa shape index (κ1) is 15.1. The van der Waals surface area contributed by atoms with Gasteiger partial charge in [0.25, 0.3) is 0 Å². The van der Waals surface area contributed by atoms with Crippen LogP contribution in [0.2, 0.25) is 0 Å². The number of hydrogen-bond acceptors (Lipinski definition) is 4. The van der Waals surface area contributed by atoms with Gasteiger partial charge >= 0.3 is 5.97 Å². The van der Waals surface area contributed by atoms with Crippen LogP contribution in [-0.4, -0.2) is 37.8 Å². The summed E-state index contributed by atoms with van der Waals surface area (Å²) in [4.78, 5) is 26.4. The summed E-state index contributed by atoms with van der Waals surface area (Å²) in [5.74, 6) is -1.10. The van der Waals surface area contributed by atoms with Crippen LogP contribution in [0, 0.1) is 5.41 Å². The van der Waals surface area contributed by atoms with Crippen LogP contribution >= 0.6 is 0 Å². The van der Waals surface area contributed by atoms with E-state index >= 15 is 0 Å². The van der Waals surface area contributed by atoms with Gasteiger partial charge in [-0.25, -0.2) is 4.98 Å². The summed E-state index contributed by atoms with van der Waals surface area (Å²) < 4.78 is 1.56. The molecule has 1 rings (SSSR count). The van der Waals surface area contributed by atoms with E-state index in [1.54, 1.807) is 4.68 Å². The number of nitrogens with one attached hydrogen (secondary N) is 1. The molecule has 0 aliphatic rings. The van der Waals surface area contributed by atoms with E-state index in [4.69, 9.17) is 5.11 Å². The van der Waals surface area contributed by atoms with Gasteiger partial charge in [0.15, 0.2) is 0 Å². The number of amides is 1. The van der Waals surface area contributed by atoms with Crippen molar-refractivity contribution in [3.8, 4) is 0 Å². The fraction of sp³-hybridized carbons (Fsp3) is 0.667. The third kappa shape index (κ3) is 5.50. The molecule has 1 aromatic heterocycles. The summed E-state index contributed by atoms with van der Waals surface area (Å²) >= 11 is 0. The van der Waals surface area contributed by atoms with Crippen molar-refractivity contribution in [2.24, 2.45) is 5.41 Å². The van der Waals surface area contributed by atoms with Gasteiger partial charge in [-0.1, -0.05) is 20.8 Å². The van der Waals surface area contributed by atoms with Crippen molar-refractivity contribution >= 4 is 11.9 Å². The highest BCUT2D eigenvalue weighted by Gasteiger charge is 2.28. The first-order chi connectivity index (χ1) is 8.79. The number of carbonyl (C=O) groups is 2. The maximum absolute atomic E-state index is 11.8. The molecule has 1 amide bonds. The van der Waals surface area contributed by atoms with Crippen LogP contribution in [0.25, 0.3) is 0 Å².